The van der Waals surface area contributed by atoms with E-state index in [1.54, 1.807) is 28.6 Å². The molecular formula is C15H17ClN2O2S. The standard InChI is InChI=1S/C15H17ClN2O2S/c1-10-14(16)11(2)18(17-10)13-6-4-12(5-7-13)15(19)20-8-9-21-3/h4-7H,8-9H2,1-3H3. The molecule has 6 heteroatoms. The highest BCUT2D eigenvalue weighted by Crippen LogP contribution is 2.22. The molecule has 2 rings (SSSR count). The molecule has 0 aliphatic heterocycles. The molecule has 0 atom stereocenters. The second-order valence-electron chi connectivity index (χ2n) is 4.57. The van der Waals surface area contributed by atoms with Gasteiger partial charge >= 0.3 is 5.97 Å². The van der Waals surface area contributed by atoms with Gasteiger partial charge in [0.25, 0.3) is 0 Å². The highest BCUT2D eigenvalue weighted by molar-refractivity contribution is 7.98. The first-order valence-corrected chi connectivity index (χ1v) is 8.30. The third kappa shape index (κ3) is 3.60. The number of aryl methyl sites for hydroxylation is 1. The Morgan fingerprint density at radius 3 is 2.52 bits per heavy atom. The smallest absolute Gasteiger partial charge is 0.338 e. The van der Waals surface area contributed by atoms with Crippen molar-refractivity contribution in [3.05, 3.63) is 46.2 Å². The van der Waals surface area contributed by atoms with E-state index in [-0.39, 0.29) is 5.97 Å². The summed E-state index contributed by atoms with van der Waals surface area (Å²) in [4.78, 5) is 11.8. The van der Waals surface area contributed by atoms with E-state index in [4.69, 9.17) is 16.3 Å². The lowest BCUT2D eigenvalue weighted by atomic mass is 10.2. The minimum Gasteiger partial charge on any atom is -0.461 e. The first kappa shape index (κ1) is 15.9. The number of esters is 1. The van der Waals surface area contributed by atoms with Crippen molar-refractivity contribution in [1.82, 2.24) is 9.78 Å². The molecule has 1 heterocycles. The van der Waals surface area contributed by atoms with E-state index in [9.17, 15) is 4.79 Å². The fourth-order valence-electron chi connectivity index (χ4n) is 1.91. The zero-order valence-corrected chi connectivity index (χ0v) is 13.8. The molecule has 0 saturated carbocycles. The number of carbonyl (C=O) groups is 1. The van der Waals surface area contributed by atoms with Crippen molar-refractivity contribution in [3.63, 3.8) is 0 Å². The van der Waals surface area contributed by atoms with Crippen LogP contribution in [-0.4, -0.2) is 34.4 Å². The summed E-state index contributed by atoms with van der Waals surface area (Å²) < 4.78 is 6.92. The van der Waals surface area contributed by atoms with Gasteiger partial charge in [-0.1, -0.05) is 11.6 Å². The lowest BCUT2D eigenvalue weighted by molar-refractivity contribution is 0.0530. The predicted molar refractivity (Wildman–Crippen MR) is 86.7 cm³/mol. The fraction of sp³-hybridized carbons (Fsp3) is 0.333. The van der Waals surface area contributed by atoms with Gasteiger partial charge < -0.3 is 4.74 Å². The van der Waals surface area contributed by atoms with Gasteiger partial charge in [-0.05, 0) is 44.4 Å². The molecule has 0 bridgehead atoms. The van der Waals surface area contributed by atoms with Crippen LogP contribution in [0.25, 0.3) is 5.69 Å². The molecule has 2 aromatic rings. The molecule has 0 radical (unpaired) electrons. The molecule has 0 N–H and O–H groups in total. The second kappa shape index (κ2) is 7.00. The molecule has 4 nitrogen and oxygen atoms in total. The van der Waals surface area contributed by atoms with Crippen LogP contribution in [0.5, 0.6) is 0 Å². The summed E-state index contributed by atoms with van der Waals surface area (Å²) in [6.45, 7) is 4.20. The molecule has 0 spiro atoms. The highest BCUT2D eigenvalue weighted by atomic mass is 35.5. The predicted octanol–water partition coefficient (Wildman–Crippen LogP) is 3.66. The van der Waals surface area contributed by atoms with E-state index in [1.807, 2.05) is 32.2 Å². The number of hydrogen-bond acceptors (Lipinski definition) is 4. The topological polar surface area (TPSA) is 44.1 Å². The van der Waals surface area contributed by atoms with E-state index in [1.165, 1.54) is 0 Å². The normalized spacial score (nSPS) is 10.7. The van der Waals surface area contributed by atoms with Gasteiger partial charge in [-0.2, -0.15) is 16.9 Å². The maximum Gasteiger partial charge on any atom is 0.338 e. The summed E-state index contributed by atoms with van der Waals surface area (Å²) >= 11 is 7.78. The Bertz CT molecular complexity index is 638. The first-order valence-electron chi connectivity index (χ1n) is 6.53. The van der Waals surface area contributed by atoms with Crippen LogP contribution in [0.1, 0.15) is 21.7 Å². The summed E-state index contributed by atoms with van der Waals surface area (Å²) in [6.07, 6.45) is 1.97. The number of aromatic nitrogens is 2. The van der Waals surface area contributed by atoms with Gasteiger partial charge in [0, 0.05) is 5.75 Å². The average Bonchev–Trinajstić information content (AvgIpc) is 2.75. The van der Waals surface area contributed by atoms with Crippen molar-refractivity contribution >= 4 is 29.3 Å². The number of ether oxygens (including phenoxy) is 1. The molecule has 1 aromatic carbocycles. The lowest BCUT2D eigenvalue weighted by Crippen LogP contribution is -2.08. The summed E-state index contributed by atoms with van der Waals surface area (Å²) in [5.41, 5.74) is 3.06. The van der Waals surface area contributed by atoms with Gasteiger partial charge in [0.1, 0.15) is 6.61 Å². The molecule has 0 unspecified atom stereocenters. The van der Waals surface area contributed by atoms with E-state index < -0.39 is 0 Å². The number of rotatable bonds is 5. The maximum atomic E-state index is 11.8. The van der Waals surface area contributed by atoms with Crippen LogP contribution in [0.15, 0.2) is 24.3 Å². The number of thioether (sulfide) groups is 1. The molecule has 0 fully saturated rings. The molecule has 0 aliphatic rings. The Morgan fingerprint density at radius 2 is 2.00 bits per heavy atom. The van der Waals surface area contributed by atoms with Crippen LogP contribution < -0.4 is 0 Å². The van der Waals surface area contributed by atoms with E-state index in [0.29, 0.717) is 17.2 Å². The molecule has 112 valence electrons. The van der Waals surface area contributed by atoms with Crippen LogP contribution >= 0.6 is 23.4 Å². The Labute approximate surface area is 133 Å². The zero-order valence-electron chi connectivity index (χ0n) is 12.2. The van der Waals surface area contributed by atoms with Gasteiger partial charge in [0.2, 0.25) is 0 Å². The number of nitrogens with zero attached hydrogens (tertiary/aromatic N) is 2. The molecule has 0 saturated heterocycles. The van der Waals surface area contributed by atoms with Gasteiger partial charge in [-0.15, -0.1) is 0 Å². The maximum absolute atomic E-state index is 11.8. The van der Waals surface area contributed by atoms with Crippen molar-refractivity contribution in [1.29, 1.82) is 0 Å². The number of hydrogen-bond donors (Lipinski definition) is 0. The van der Waals surface area contributed by atoms with E-state index >= 15 is 0 Å². The van der Waals surface area contributed by atoms with Crippen molar-refractivity contribution < 1.29 is 9.53 Å². The van der Waals surface area contributed by atoms with Crippen molar-refractivity contribution in [2.24, 2.45) is 0 Å². The minimum absolute atomic E-state index is 0.304. The molecule has 21 heavy (non-hydrogen) atoms. The largest absolute Gasteiger partial charge is 0.461 e. The fourth-order valence-corrected chi connectivity index (χ4v) is 2.28. The second-order valence-corrected chi connectivity index (χ2v) is 5.94. The molecule has 0 amide bonds. The third-order valence-electron chi connectivity index (χ3n) is 3.07. The van der Waals surface area contributed by atoms with Crippen LogP contribution in [0.2, 0.25) is 5.02 Å². The van der Waals surface area contributed by atoms with Crippen molar-refractivity contribution in [3.8, 4) is 5.69 Å². The third-order valence-corrected chi connectivity index (χ3v) is 4.19. The Morgan fingerprint density at radius 1 is 1.33 bits per heavy atom. The number of benzene rings is 1. The van der Waals surface area contributed by atoms with Crippen LogP contribution in [0.3, 0.4) is 0 Å². The van der Waals surface area contributed by atoms with Crippen molar-refractivity contribution in [2.75, 3.05) is 18.6 Å². The van der Waals surface area contributed by atoms with Gasteiger partial charge in [-0.25, -0.2) is 9.48 Å². The Balaban J connectivity index is 2.15. The van der Waals surface area contributed by atoms with Crippen LogP contribution in [0, 0.1) is 13.8 Å². The van der Waals surface area contributed by atoms with Crippen LogP contribution in [-0.2, 0) is 4.74 Å². The summed E-state index contributed by atoms with van der Waals surface area (Å²) in [5.74, 6) is 0.496. The Kier molecular flexibility index (Phi) is 5.31. The van der Waals surface area contributed by atoms with E-state index in [0.717, 1.165) is 22.8 Å². The molecule has 1 aromatic heterocycles. The average molecular weight is 325 g/mol. The highest BCUT2D eigenvalue weighted by Gasteiger charge is 2.12. The SMILES string of the molecule is CSCCOC(=O)c1ccc(-n2nc(C)c(Cl)c2C)cc1. The summed E-state index contributed by atoms with van der Waals surface area (Å²) in [7, 11) is 0. The van der Waals surface area contributed by atoms with E-state index in [2.05, 4.69) is 5.10 Å². The van der Waals surface area contributed by atoms with Gasteiger partial charge in [0.15, 0.2) is 0 Å². The summed E-state index contributed by atoms with van der Waals surface area (Å²) in [5, 5.41) is 5.04. The molecule has 0 aliphatic carbocycles. The summed E-state index contributed by atoms with van der Waals surface area (Å²) in [6, 6.07) is 7.14. The quantitative estimate of drug-likeness (QED) is 0.622. The number of halogens is 1. The number of carbonyl (C=O) groups excluding carboxylic acids is 1. The van der Waals surface area contributed by atoms with Crippen molar-refractivity contribution in [2.45, 2.75) is 13.8 Å². The monoisotopic (exact) mass is 324 g/mol. The van der Waals surface area contributed by atoms with Gasteiger partial charge in [-0.3, -0.25) is 0 Å². The van der Waals surface area contributed by atoms with Gasteiger partial charge in [0.05, 0.1) is 27.7 Å². The Hall–Kier alpha value is -1.46. The van der Waals surface area contributed by atoms with Crippen LogP contribution in [0.4, 0.5) is 0 Å². The first-order chi connectivity index (χ1) is 10.0. The molecular weight excluding hydrogens is 308 g/mol. The lowest BCUT2D eigenvalue weighted by Gasteiger charge is -2.06. The zero-order chi connectivity index (χ0) is 15.4. The minimum atomic E-state index is -0.304.